The number of methoxy groups -OCH3 is 1. The summed E-state index contributed by atoms with van der Waals surface area (Å²) in [4.78, 5) is 38.8. The van der Waals surface area contributed by atoms with E-state index >= 15 is 0 Å². The first-order valence-electron chi connectivity index (χ1n) is 12.4. The van der Waals surface area contributed by atoms with Crippen molar-refractivity contribution in [1.29, 1.82) is 0 Å². The van der Waals surface area contributed by atoms with Gasteiger partial charge >= 0.3 is 13.8 Å². The minimum absolute atomic E-state index is 0.0709. The van der Waals surface area contributed by atoms with Crippen LogP contribution in [0, 0.1) is 0 Å². The molecule has 0 aliphatic rings. The SMILES string of the molecule is CNC(=O)c1cc(-c2cnn(CCOC)c2)ccc1Nc1nc(Nc2ccc(CP(=O)(O)O)cc2)ncc1C(F)(F)F. The number of ether oxygens (including phenoxy) is 1. The van der Waals surface area contributed by atoms with Gasteiger partial charge in [-0.15, -0.1) is 0 Å². The van der Waals surface area contributed by atoms with Crippen molar-refractivity contribution >= 4 is 36.6 Å². The molecule has 42 heavy (non-hydrogen) atoms. The smallest absolute Gasteiger partial charge is 0.383 e. The van der Waals surface area contributed by atoms with Crippen LogP contribution in [0.3, 0.4) is 0 Å². The largest absolute Gasteiger partial charge is 0.421 e. The third-order valence-corrected chi connectivity index (χ3v) is 6.71. The number of amides is 1. The predicted octanol–water partition coefficient (Wildman–Crippen LogP) is 4.53. The number of nitrogens with one attached hydrogen (secondary N) is 3. The summed E-state index contributed by atoms with van der Waals surface area (Å²) in [7, 11) is -1.29. The number of hydrogen-bond acceptors (Lipinski definition) is 8. The third-order valence-electron chi connectivity index (χ3n) is 5.93. The van der Waals surface area contributed by atoms with Crippen LogP contribution in [0.25, 0.3) is 11.1 Å². The Morgan fingerprint density at radius 1 is 1.07 bits per heavy atom. The topological polar surface area (TPSA) is 164 Å². The highest BCUT2D eigenvalue weighted by Gasteiger charge is 2.35. The molecule has 2 aromatic carbocycles. The minimum Gasteiger partial charge on any atom is -0.383 e. The van der Waals surface area contributed by atoms with Crippen molar-refractivity contribution in [3.05, 3.63) is 77.7 Å². The van der Waals surface area contributed by atoms with Gasteiger partial charge < -0.3 is 30.5 Å². The monoisotopic (exact) mass is 605 g/mol. The molecule has 0 radical (unpaired) electrons. The Labute approximate surface area is 238 Å². The number of alkyl halides is 3. The van der Waals surface area contributed by atoms with Crippen molar-refractivity contribution in [3.63, 3.8) is 0 Å². The summed E-state index contributed by atoms with van der Waals surface area (Å²) in [6.45, 7) is 0.965. The summed E-state index contributed by atoms with van der Waals surface area (Å²) >= 11 is 0. The molecule has 0 aliphatic carbocycles. The number of hydrogen-bond donors (Lipinski definition) is 5. The molecular weight excluding hydrogens is 578 g/mol. The number of benzene rings is 2. The molecule has 0 unspecified atom stereocenters. The third kappa shape index (κ3) is 7.91. The quantitative estimate of drug-likeness (QED) is 0.154. The van der Waals surface area contributed by atoms with E-state index in [1.807, 2.05) is 0 Å². The number of aromatic nitrogens is 4. The average molecular weight is 606 g/mol. The molecule has 5 N–H and O–H groups in total. The van der Waals surface area contributed by atoms with Gasteiger partial charge in [0.2, 0.25) is 5.95 Å². The zero-order chi connectivity index (χ0) is 30.5. The number of rotatable bonds is 11. The van der Waals surface area contributed by atoms with Gasteiger partial charge in [0.25, 0.3) is 5.91 Å². The summed E-state index contributed by atoms with van der Waals surface area (Å²) in [5.41, 5.74) is 1.04. The van der Waals surface area contributed by atoms with Crippen LogP contribution in [0.4, 0.5) is 36.3 Å². The molecule has 2 aromatic heterocycles. The number of carbonyl (C=O) groups excluding carboxylic acids is 1. The molecule has 222 valence electrons. The van der Waals surface area contributed by atoms with Gasteiger partial charge in [0.05, 0.1) is 36.8 Å². The average Bonchev–Trinajstić information content (AvgIpc) is 3.40. The van der Waals surface area contributed by atoms with Crippen molar-refractivity contribution in [2.45, 2.75) is 18.9 Å². The second kappa shape index (κ2) is 12.7. The van der Waals surface area contributed by atoms with Crippen molar-refractivity contribution in [2.75, 3.05) is 31.4 Å². The zero-order valence-corrected chi connectivity index (χ0v) is 23.3. The second-order valence-electron chi connectivity index (χ2n) is 9.05. The maximum Gasteiger partial charge on any atom is 0.421 e. The van der Waals surface area contributed by atoms with Crippen molar-refractivity contribution < 1.29 is 37.1 Å². The Kier molecular flexibility index (Phi) is 9.27. The molecule has 16 heteroatoms. The van der Waals surface area contributed by atoms with Crippen LogP contribution in [0.2, 0.25) is 0 Å². The fourth-order valence-corrected chi connectivity index (χ4v) is 4.59. The van der Waals surface area contributed by atoms with Gasteiger partial charge in [-0.25, -0.2) is 4.98 Å². The predicted molar refractivity (Wildman–Crippen MR) is 149 cm³/mol. The van der Waals surface area contributed by atoms with E-state index in [9.17, 15) is 22.5 Å². The summed E-state index contributed by atoms with van der Waals surface area (Å²) in [5, 5.41) is 12.2. The molecule has 2 heterocycles. The van der Waals surface area contributed by atoms with E-state index in [4.69, 9.17) is 14.5 Å². The molecule has 0 saturated heterocycles. The van der Waals surface area contributed by atoms with Gasteiger partial charge in [0.1, 0.15) is 11.4 Å². The normalized spacial score (nSPS) is 11.8. The molecule has 0 bridgehead atoms. The lowest BCUT2D eigenvalue weighted by Gasteiger charge is -2.17. The highest BCUT2D eigenvalue weighted by atomic mass is 31.2. The molecule has 4 rings (SSSR count). The van der Waals surface area contributed by atoms with Crippen LogP contribution < -0.4 is 16.0 Å². The highest BCUT2D eigenvalue weighted by Crippen LogP contribution is 2.39. The van der Waals surface area contributed by atoms with Gasteiger partial charge in [0.15, 0.2) is 0 Å². The van der Waals surface area contributed by atoms with Crippen molar-refractivity contribution in [1.82, 2.24) is 25.1 Å². The van der Waals surface area contributed by atoms with Crippen molar-refractivity contribution in [2.24, 2.45) is 0 Å². The maximum atomic E-state index is 13.9. The molecular formula is C26H27F3N7O5P. The molecule has 0 fully saturated rings. The maximum absolute atomic E-state index is 13.9. The van der Waals surface area contributed by atoms with Crippen LogP contribution in [-0.4, -0.2) is 56.2 Å². The summed E-state index contributed by atoms with van der Waals surface area (Å²) in [5.74, 6) is -1.32. The Balaban J connectivity index is 1.65. The number of halogens is 3. The molecule has 12 nitrogen and oxygen atoms in total. The van der Waals surface area contributed by atoms with E-state index in [0.717, 1.165) is 0 Å². The van der Waals surface area contributed by atoms with Gasteiger partial charge in [-0.1, -0.05) is 18.2 Å². The summed E-state index contributed by atoms with van der Waals surface area (Å²) < 4.78 is 59.6. The van der Waals surface area contributed by atoms with Crippen LogP contribution in [-0.2, 0) is 28.2 Å². The molecule has 0 saturated carbocycles. The first-order valence-corrected chi connectivity index (χ1v) is 14.2. The fraction of sp³-hybridized carbons (Fsp3) is 0.231. The standard InChI is InChI=1S/C26H27F3N7O5P/c1-30-24(37)20-11-17(18-12-32-36(14-18)9-10-41-2)5-8-22(20)34-23-21(26(27,28)29)13-31-25(35-23)33-19-6-3-16(4-7-19)15-42(38,39)40/h3-8,11-14H,9-10,15H2,1-2H3,(H,30,37)(H2,38,39,40)(H2,31,33,34,35). The Hall–Kier alpha value is -4.30. The van der Waals surface area contributed by atoms with E-state index in [1.165, 1.54) is 43.4 Å². The lowest BCUT2D eigenvalue weighted by Crippen LogP contribution is -2.20. The van der Waals surface area contributed by atoms with Crippen molar-refractivity contribution in [3.8, 4) is 11.1 Å². The number of carbonyl (C=O) groups is 1. The first kappa shape index (κ1) is 30.7. The molecule has 4 aromatic rings. The summed E-state index contributed by atoms with van der Waals surface area (Å²) in [6, 6.07) is 10.5. The van der Waals surface area contributed by atoms with Crippen LogP contribution in [0.15, 0.2) is 61.1 Å². The Bertz CT molecular complexity index is 1610. The van der Waals surface area contributed by atoms with E-state index in [-0.39, 0.29) is 17.2 Å². The molecule has 1 amide bonds. The fourth-order valence-electron chi connectivity index (χ4n) is 3.91. The van der Waals surface area contributed by atoms with Crippen LogP contribution in [0.1, 0.15) is 21.5 Å². The number of nitrogens with zero attached hydrogens (tertiary/aromatic N) is 4. The van der Waals surface area contributed by atoms with E-state index in [0.29, 0.717) is 41.7 Å². The second-order valence-corrected chi connectivity index (χ2v) is 10.7. The number of anilines is 4. The Morgan fingerprint density at radius 3 is 2.45 bits per heavy atom. The van der Waals surface area contributed by atoms with E-state index in [1.54, 1.807) is 30.3 Å². The van der Waals surface area contributed by atoms with Crippen LogP contribution in [0.5, 0.6) is 0 Å². The van der Waals surface area contributed by atoms with E-state index < -0.39 is 37.2 Å². The van der Waals surface area contributed by atoms with Crippen LogP contribution >= 0.6 is 7.60 Å². The van der Waals surface area contributed by atoms with Gasteiger partial charge in [-0.2, -0.15) is 23.3 Å². The molecule has 0 aliphatic heterocycles. The molecule has 0 atom stereocenters. The molecule has 0 spiro atoms. The van der Waals surface area contributed by atoms with Gasteiger partial charge in [0, 0.05) is 37.8 Å². The van der Waals surface area contributed by atoms with Gasteiger partial charge in [-0.05, 0) is 35.4 Å². The lowest BCUT2D eigenvalue weighted by molar-refractivity contribution is -0.137. The zero-order valence-electron chi connectivity index (χ0n) is 22.4. The Morgan fingerprint density at radius 2 is 1.81 bits per heavy atom. The minimum atomic E-state index is -4.81. The highest BCUT2D eigenvalue weighted by molar-refractivity contribution is 7.50. The lowest BCUT2D eigenvalue weighted by atomic mass is 10.0. The van der Waals surface area contributed by atoms with Gasteiger partial charge in [-0.3, -0.25) is 14.0 Å². The van der Waals surface area contributed by atoms with E-state index in [2.05, 4.69) is 31.0 Å². The first-order chi connectivity index (χ1) is 19.9. The summed E-state index contributed by atoms with van der Waals surface area (Å²) in [6.07, 6.45) is -1.29.